The highest BCUT2D eigenvalue weighted by molar-refractivity contribution is 9.10. The second-order valence-electron chi connectivity index (χ2n) is 4.27. The van der Waals surface area contributed by atoms with Crippen molar-refractivity contribution in [3.05, 3.63) is 51.9 Å². The van der Waals surface area contributed by atoms with Gasteiger partial charge in [-0.25, -0.2) is 13.1 Å². The summed E-state index contributed by atoms with van der Waals surface area (Å²) < 4.78 is 32.9. The second kappa shape index (κ2) is 5.48. The fourth-order valence-electron chi connectivity index (χ4n) is 1.75. The molecule has 0 atom stereocenters. The Balaban J connectivity index is 2.27. The van der Waals surface area contributed by atoms with E-state index in [-0.39, 0.29) is 11.4 Å². The van der Waals surface area contributed by atoms with Crippen LogP contribution in [0.1, 0.15) is 16.9 Å². The van der Waals surface area contributed by atoms with Gasteiger partial charge in [0, 0.05) is 4.47 Å². The Kier molecular flexibility index (Phi) is 4.13. The lowest BCUT2D eigenvalue weighted by molar-refractivity contribution is 0.498. The van der Waals surface area contributed by atoms with Gasteiger partial charge >= 0.3 is 0 Å². The summed E-state index contributed by atoms with van der Waals surface area (Å²) in [5.41, 5.74) is 1.72. The number of hydrogen-bond acceptors (Lipinski definition) is 3. The minimum Gasteiger partial charge on any atom is -0.468 e. The van der Waals surface area contributed by atoms with Crippen LogP contribution >= 0.6 is 15.9 Å². The predicted molar refractivity (Wildman–Crippen MR) is 76.3 cm³/mol. The largest absolute Gasteiger partial charge is 0.468 e. The molecule has 4 nitrogen and oxygen atoms in total. The predicted octanol–water partition coefficient (Wildman–Crippen LogP) is 3.14. The summed E-state index contributed by atoms with van der Waals surface area (Å²) in [6.07, 6.45) is 1.51. The van der Waals surface area contributed by atoms with Gasteiger partial charge in [-0.05, 0) is 43.2 Å². The molecule has 0 saturated heterocycles. The Morgan fingerprint density at radius 3 is 2.63 bits per heavy atom. The minimum atomic E-state index is -3.55. The molecule has 1 heterocycles. The van der Waals surface area contributed by atoms with Crippen molar-refractivity contribution in [2.75, 3.05) is 0 Å². The van der Waals surface area contributed by atoms with Crippen LogP contribution in [0.4, 0.5) is 0 Å². The number of hydrogen-bond donors (Lipinski definition) is 1. The Morgan fingerprint density at radius 2 is 2.00 bits per heavy atom. The van der Waals surface area contributed by atoms with Crippen molar-refractivity contribution in [3.8, 4) is 0 Å². The molecule has 1 aromatic carbocycles. The van der Waals surface area contributed by atoms with E-state index in [2.05, 4.69) is 20.7 Å². The van der Waals surface area contributed by atoms with E-state index in [9.17, 15) is 8.42 Å². The van der Waals surface area contributed by atoms with Crippen molar-refractivity contribution in [1.29, 1.82) is 0 Å². The quantitative estimate of drug-likeness (QED) is 0.927. The normalized spacial score (nSPS) is 11.7. The number of aryl methyl sites for hydroxylation is 2. The van der Waals surface area contributed by atoms with E-state index >= 15 is 0 Å². The van der Waals surface area contributed by atoms with E-state index < -0.39 is 10.0 Å². The molecular weight excluding hydrogens is 330 g/mol. The fraction of sp³-hybridized carbons (Fsp3) is 0.231. The lowest BCUT2D eigenvalue weighted by atomic mass is 10.2. The van der Waals surface area contributed by atoms with Gasteiger partial charge in [0.2, 0.25) is 10.0 Å². The molecule has 0 aliphatic heterocycles. The van der Waals surface area contributed by atoms with Crippen LogP contribution in [0, 0.1) is 13.8 Å². The molecule has 0 bridgehead atoms. The van der Waals surface area contributed by atoms with Crippen molar-refractivity contribution in [2.45, 2.75) is 25.3 Å². The maximum absolute atomic E-state index is 12.2. The van der Waals surface area contributed by atoms with Gasteiger partial charge in [0.05, 0.1) is 17.7 Å². The standard InChI is InChI=1S/C13H14BrNO3S/c1-9-6-10(2)13(7-12(9)14)19(16,17)15-8-11-4-3-5-18-11/h3-7,15H,8H2,1-2H3. The zero-order valence-electron chi connectivity index (χ0n) is 10.6. The van der Waals surface area contributed by atoms with Crippen molar-refractivity contribution in [2.24, 2.45) is 0 Å². The van der Waals surface area contributed by atoms with Crippen LogP contribution in [0.25, 0.3) is 0 Å². The Labute approximate surface area is 121 Å². The van der Waals surface area contributed by atoms with E-state index in [0.717, 1.165) is 10.0 Å². The van der Waals surface area contributed by atoms with Gasteiger partial charge in [0.15, 0.2) is 0 Å². The molecule has 0 radical (unpaired) electrons. The first kappa shape index (κ1) is 14.3. The maximum atomic E-state index is 12.2. The van der Waals surface area contributed by atoms with Gasteiger partial charge in [-0.1, -0.05) is 22.0 Å². The average Bonchev–Trinajstić information content (AvgIpc) is 2.84. The molecule has 0 unspecified atom stereocenters. The first-order valence-corrected chi connectivity index (χ1v) is 7.96. The lowest BCUT2D eigenvalue weighted by Gasteiger charge is -2.10. The van der Waals surface area contributed by atoms with Crippen molar-refractivity contribution >= 4 is 26.0 Å². The van der Waals surface area contributed by atoms with Crippen LogP contribution in [-0.4, -0.2) is 8.42 Å². The summed E-state index contributed by atoms with van der Waals surface area (Å²) in [7, 11) is -3.55. The first-order valence-electron chi connectivity index (χ1n) is 5.69. The maximum Gasteiger partial charge on any atom is 0.241 e. The molecule has 1 N–H and O–H groups in total. The Bertz CT molecular complexity index is 678. The van der Waals surface area contributed by atoms with E-state index in [0.29, 0.717) is 11.3 Å². The highest BCUT2D eigenvalue weighted by atomic mass is 79.9. The molecule has 0 amide bonds. The molecule has 2 aromatic rings. The summed E-state index contributed by atoms with van der Waals surface area (Å²) in [4.78, 5) is 0.275. The molecule has 0 spiro atoms. The molecule has 6 heteroatoms. The lowest BCUT2D eigenvalue weighted by Crippen LogP contribution is -2.23. The number of nitrogens with one attached hydrogen (secondary N) is 1. The highest BCUT2D eigenvalue weighted by Crippen LogP contribution is 2.24. The van der Waals surface area contributed by atoms with Gasteiger partial charge in [-0.2, -0.15) is 0 Å². The third kappa shape index (κ3) is 3.26. The summed E-state index contributed by atoms with van der Waals surface area (Å²) >= 11 is 3.35. The van der Waals surface area contributed by atoms with Gasteiger partial charge in [0.1, 0.15) is 5.76 Å². The zero-order chi connectivity index (χ0) is 14.0. The minimum absolute atomic E-state index is 0.139. The molecular formula is C13H14BrNO3S. The third-order valence-electron chi connectivity index (χ3n) is 2.76. The van der Waals surface area contributed by atoms with E-state index in [1.54, 1.807) is 25.1 Å². The van der Waals surface area contributed by atoms with Crippen LogP contribution in [0.3, 0.4) is 0 Å². The van der Waals surface area contributed by atoms with Crippen LogP contribution in [0.2, 0.25) is 0 Å². The number of furan rings is 1. The van der Waals surface area contributed by atoms with Crippen molar-refractivity contribution < 1.29 is 12.8 Å². The summed E-state index contributed by atoms with van der Waals surface area (Å²) in [5, 5.41) is 0. The molecule has 0 saturated carbocycles. The van der Waals surface area contributed by atoms with E-state index in [4.69, 9.17) is 4.42 Å². The Hall–Kier alpha value is -1.11. The average molecular weight is 344 g/mol. The number of benzene rings is 1. The third-order valence-corrected chi connectivity index (χ3v) is 5.16. The van der Waals surface area contributed by atoms with Gasteiger partial charge in [0.25, 0.3) is 0 Å². The molecule has 102 valence electrons. The van der Waals surface area contributed by atoms with E-state index in [1.807, 2.05) is 13.0 Å². The molecule has 1 aromatic heterocycles. The summed E-state index contributed by atoms with van der Waals surface area (Å²) in [6, 6.07) is 6.90. The van der Waals surface area contributed by atoms with Crippen LogP contribution in [0.15, 0.2) is 44.3 Å². The fourth-order valence-corrected chi connectivity index (χ4v) is 3.49. The van der Waals surface area contributed by atoms with Crippen LogP contribution < -0.4 is 4.72 Å². The molecule has 19 heavy (non-hydrogen) atoms. The SMILES string of the molecule is Cc1cc(C)c(S(=O)(=O)NCc2ccco2)cc1Br. The van der Waals surface area contributed by atoms with Gasteiger partial charge in [-0.3, -0.25) is 0 Å². The van der Waals surface area contributed by atoms with Crippen LogP contribution in [-0.2, 0) is 16.6 Å². The van der Waals surface area contributed by atoms with Gasteiger partial charge in [-0.15, -0.1) is 0 Å². The highest BCUT2D eigenvalue weighted by Gasteiger charge is 2.18. The summed E-state index contributed by atoms with van der Waals surface area (Å²) in [5.74, 6) is 0.576. The number of halogens is 1. The van der Waals surface area contributed by atoms with Crippen molar-refractivity contribution in [1.82, 2.24) is 4.72 Å². The van der Waals surface area contributed by atoms with E-state index in [1.165, 1.54) is 6.26 Å². The van der Waals surface area contributed by atoms with Gasteiger partial charge < -0.3 is 4.42 Å². The molecule has 0 fully saturated rings. The number of rotatable bonds is 4. The molecule has 0 aliphatic rings. The number of sulfonamides is 1. The Morgan fingerprint density at radius 1 is 1.26 bits per heavy atom. The monoisotopic (exact) mass is 343 g/mol. The van der Waals surface area contributed by atoms with Crippen molar-refractivity contribution in [3.63, 3.8) is 0 Å². The van der Waals surface area contributed by atoms with Crippen LogP contribution in [0.5, 0.6) is 0 Å². The topological polar surface area (TPSA) is 59.3 Å². The zero-order valence-corrected chi connectivity index (χ0v) is 13.0. The second-order valence-corrected chi connectivity index (χ2v) is 6.86. The summed E-state index contributed by atoms with van der Waals surface area (Å²) in [6.45, 7) is 3.84. The molecule has 2 rings (SSSR count). The smallest absolute Gasteiger partial charge is 0.241 e. The first-order chi connectivity index (χ1) is 8.90. The molecule has 0 aliphatic carbocycles.